The third-order valence-corrected chi connectivity index (χ3v) is 6.24. The largest absolute Gasteiger partial charge is 0.419 e. The molecule has 0 radical (unpaired) electrons. The summed E-state index contributed by atoms with van der Waals surface area (Å²) in [5.41, 5.74) is 1.06. The van der Waals surface area contributed by atoms with Gasteiger partial charge in [0, 0.05) is 13.1 Å². The number of anilines is 1. The molecule has 0 atom stereocenters. The maximum atomic E-state index is 14.2. The highest BCUT2D eigenvalue weighted by atomic mass is 32.2. The third kappa shape index (κ3) is 3.41. The van der Waals surface area contributed by atoms with E-state index in [1.54, 1.807) is 29.2 Å². The van der Waals surface area contributed by atoms with Crippen LogP contribution in [0.2, 0.25) is 0 Å². The van der Waals surface area contributed by atoms with Crippen LogP contribution in [0.5, 0.6) is 0 Å². The van der Waals surface area contributed by atoms with Gasteiger partial charge in [0.05, 0.1) is 23.7 Å². The van der Waals surface area contributed by atoms with Crippen molar-refractivity contribution in [1.82, 2.24) is 4.98 Å². The number of aromatic nitrogens is 1. The fourth-order valence-corrected chi connectivity index (χ4v) is 4.34. The van der Waals surface area contributed by atoms with Crippen molar-refractivity contribution in [2.24, 2.45) is 0 Å². The van der Waals surface area contributed by atoms with Gasteiger partial charge in [0.1, 0.15) is 5.82 Å². The number of oxazole rings is 1. The van der Waals surface area contributed by atoms with Gasteiger partial charge in [-0.3, -0.25) is 0 Å². The zero-order chi connectivity index (χ0) is 19.7. The highest BCUT2D eigenvalue weighted by Gasteiger charge is 2.32. The molecule has 0 unspecified atom stereocenters. The summed E-state index contributed by atoms with van der Waals surface area (Å²) >= 11 is 0. The van der Waals surface area contributed by atoms with Crippen LogP contribution in [-0.4, -0.2) is 39.7 Å². The Kier molecular flexibility index (Phi) is 4.91. The Morgan fingerprint density at radius 2 is 1.71 bits per heavy atom. The minimum absolute atomic E-state index is 0.0646. The lowest BCUT2D eigenvalue weighted by Gasteiger charge is -2.26. The molecule has 1 fully saturated rings. The molecule has 6 nitrogen and oxygen atoms in total. The van der Waals surface area contributed by atoms with E-state index in [0.29, 0.717) is 26.3 Å². The molecular formula is C20H19FN2O4S. The smallest absolute Gasteiger partial charge is 0.236 e. The monoisotopic (exact) mass is 402 g/mol. The van der Waals surface area contributed by atoms with Crippen LogP contribution < -0.4 is 4.90 Å². The van der Waals surface area contributed by atoms with E-state index in [-0.39, 0.29) is 27.3 Å². The van der Waals surface area contributed by atoms with E-state index in [2.05, 4.69) is 4.98 Å². The lowest BCUT2D eigenvalue weighted by Crippen LogP contribution is -2.36. The summed E-state index contributed by atoms with van der Waals surface area (Å²) in [6.45, 7) is 3.69. The van der Waals surface area contributed by atoms with Crippen molar-refractivity contribution in [2.45, 2.75) is 16.8 Å². The highest BCUT2D eigenvalue weighted by Crippen LogP contribution is 2.35. The second-order valence-corrected chi connectivity index (χ2v) is 8.39. The van der Waals surface area contributed by atoms with Gasteiger partial charge < -0.3 is 14.1 Å². The minimum Gasteiger partial charge on any atom is -0.419 e. The molecule has 2 heterocycles. The first-order chi connectivity index (χ1) is 13.5. The van der Waals surface area contributed by atoms with Crippen molar-refractivity contribution in [3.63, 3.8) is 0 Å². The summed E-state index contributed by atoms with van der Waals surface area (Å²) in [5, 5.41) is -0.212. The second kappa shape index (κ2) is 7.37. The zero-order valence-electron chi connectivity index (χ0n) is 15.3. The van der Waals surface area contributed by atoms with Crippen LogP contribution in [0.25, 0.3) is 11.5 Å². The number of morpholine rings is 1. The first-order valence-electron chi connectivity index (χ1n) is 8.87. The molecule has 2 aromatic carbocycles. The number of rotatable bonds is 4. The van der Waals surface area contributed by atoms with Gasteiger partial charge in [0.15, 0.2) is 0 Å². The molecule has 1 saturated heterocycles. The number of hydrogen-bond donors (Lipinski definition) is 0. The van der Waals surface area contributed by atoms with E-state index in [9.17, 15) is 12.8 Å². The van der Waals surface area contributed by atoms with Crippen LogP contribution in [0.15, 0.2) is 62.9 Å². The molecule has 0 bridgehead atoms. The van der Waals surface area contributed by atoms with E-state index in [4.69, 9.17) is 9.15 Å². The van der Waals surface area contributed by atoms with Gasteiger partial charge in [-0.15, -0.1) is 0 Å². The van der Waals surface area contributed by atoms with Crippen LogP contribution in [0.4, 0.5) is 10.3 Å². The molecule has 0 saturated carbocycles. The van der Waals surface area contributed by atoms with Gasteiger partial charge in [0.2, 0.25) is 26.6 Å². The normalized spacial score (nSPS) is 15.0. The number of benzene rings is 2. The van der Waals surface area contributed by atoms with E-state index < -0.39 is 15.7 Å². The van der Waals surface area contributed by atoms with E-state index in [1.165, 1.54) is 24.3 Å². The number of aryl methyl sites for hydroxylation is 1. The van der Waals surface area contributed by atoms with Crippen molar-refractivity contribution in [2.75, 3.05) is 31.2 Å². The summed E-state index contributed by atoms with van der Waals surface area (Å²) in [6.07, 6.45) is 0. The number of ether oxygens (including phenoxy) is 1. The summed E-state index contributed by atoms with van der Waals surface area (Å²) in [7, 11) is -3.95. The van der Waals surface area contributed by atoms with Crippen LogP contribution in [0.3, 0.4) is 0 Å². The minimum atomic E-state index is -3.95. The van der Waals surface area contributed by atoms with Crippen molar-refractivity contribution in [3.8, 4) is 11.5 Å². The molecule has 8 heteroatoms. The molecule has 0 spiro atoms. The summed E-state index contributed by atoms with van der Waals surface area (Å²) in [6, 6.07) is 12.5. The number of sulfone groups is 1. The Hall–Kier alpha value is -2.71. The van der Waals surface area contributed by atoms with Crippen molar-refractivity contribution >= 4 is 15.7 Å². The SMILES string of the molecule is Cc1ccc(S(=O)(=O)c2nc(-c3ccccc3F)oc2N2CCOCC2)cc1. The molecule has 3 aromatic rings. The van der Waals surface area contributed by atoms with Gasteiger partial charge in [-0.2, -0.15) is 4.98 Å². The average Bonchev–Trinajstić information content (AvgIpc) is 3.15. The fourth-order valence-electron chi connectivity index (χ4n) is 3.02. The van der Waals surface area contributed by atoms with Gasteiger partial charge in [-0.1, -0.05) is 29.8 Å². The Balaban J connectivity index is 1.87. The van der Waals surface area contributed by atoms with E-state index in [1.807, 2.05) is 6.92 Å². The standard InChI is InChI=1S/C20H19FN2O4S/c1-14-6-8-15(9-7-14)28(24,25)19-20(23-10-12-26-13-11-23)27-18(22-19)16-4-2-3-5-17(16)21/h2-9H,10-13H2,1H3. The summed E-state index contributed by atoms with van der Waals surface area (Å²) < 4.78 is 51.9. The van der Waals surface area contributed by atoms with Crippen LogP contribution in [0, 0.1) is 12.7 Å². The van der Waals surface area contributed by atoms with Crippen molar-refractivity contribution in [1.29, 1.82) is 0 Å². The lowest BCUT2D eigenvalue weighted by atomic mass is 10.2. The first kappa shape index (κ1) is 18.6. The quantitative estimate of drug-likeness (QED) is 0.666. The molecule has 28 heavy (non-hydrogen) atoms. The molecular weight excluding hydrogens is 383 g/mol. The predicted octanol–water partition coefficient (Wildman–Crippen LogP) is 3.46. The lowest BCUT2D eigenvalue weighted by molar-refractivity contribution is 0.120. The molecule has 1 aliphatic rings. The van der Waals surface area contributed by atoms with Gasteiger partial charge >= 0.3 is 0 Å². The van der Waals surface area contributed by atoms with Crippen LogP contribution >= 0.6 is 0 Å². The second-order valence-electron chi connectivity index (χ2n) is 6.53. The predicted molar refractivity (Wildman–Crippen MR) is 102 cm³/mol. The molecule has 0 N–H and O–H groups in total. The highest BCUT2D eigenvalue weighted by molar-refractivity contribution is 7.91. The van der Waals surface area contributed by atoms with Crippen LogP contribution in [-0.2, 0) is 14.6 Å². The van der Waals surface area contributed by atoms with Crippen molar-refractivity contribution < 1.29 is 22.0 Å². The molecule has 0 aliphatic carbocycles. The van der Waals surface area contributed by atoms with Gasteiger partial charge in [0.25, 0.3) is 0 Å². The van der Waals surface area contributed by atoms with E-state index in [0.717, 1.165) is 5.56 Å². The Labute approximate surface area is 162 Å². The maximum Gasteiger partial charge on any atom is 0.236 e. The molecule has 4 rings (SSSR count). The van der Waals surface area contributed by atoms with Gasteiger partial charge in [-0.25, -0.2) is 12.8 Å². The molecule has 146 valence electrons. The molecule has 0 amide bonds. The Morgan fingerprint density at radius 1 is 1.04 bits per heavy atom. The van der Waals surface area contributed by atoms with E-state index >= 15 is 0 Å². The third-order valence-electron chi connectivity index (χ3n) is 4.57. The van der Waals surface area contributed by atoms with Crippen molar-refractivity contribution in [3.05, 3.63) is 59.9 Å². The number of nitrogens with zero attached hydrogens (tertiary/aromatic N) is 2. The Morgan fingerprint density at radius 3 is 2.39 bits per heavy atom. The Bertz CT molecular complexity index is 1090. The van der Waals surface area contributed by atoms with Gasteiger partial charge in [-0.05, 0) is 31.2 Å². The average molecular weight is 402 g/mol. The molecule has 1 aromatic heterocycles. The zero-order valence-corrected chi connectivity index (χ0v) is 16.1. The topological polar surface area (TPSA) is 72.6 Å². The van der Waals surface area contributed by atoms with Crippen LogP contribution in [0.1, 0.15) is 5.56 Å². The number of halogens is 1. The summed E-state index contributed by atoms with van der Waals surface area (Å²) in [4.78, 5) is 6.09. The number of hydrogen-bond acceptors (Lipinski definition) is 6. The summed E-state index contributed by atoms with van der Waals surface area (Å²) in [5.74, 6) is -0.482. The molecule has 1 aliphatic heterocycles. The first-order valence-corrected chi connectivity index (χ1v) is 10.4. The maximum absolute atomic E-state index is 14.2. The fraction of sp³-hybridized carbons (Fsp3) is 0.250.